The summed E-state index contributed by atoms with van der Waals surface area (Å²) >= 11 is 0. The van der Waals surface area contributed by atoms with Crippen LogP contribution in [0.1, 0.15) is 11.1 Å². The summed E-state index contributed by atoms with van der Waals surface area (Å²) in [4.78, 5) is -0.133. The summed E-state index contributed by atoms with van der Waals surface area (Å²) < 4.78 is 59.1. The normalized spacial score (nSPS) is 10.3. The van der Waals surface area contributed by atoms with Gasteiger partial charge in [0.15, 0.2) is 0 Å². The highest BCUT2D eigenvalue weighted by Gasteiger charge is 2.07. The van der Waals surface area contributed by atoms with Crippen LogP contribution in [-0.2, 0) is 20.2 Å². The van der Waals surface area contributed by atoms with Crippen LogP contribution < -0.4 is 0 Å². The maximum atomic E-state index is 10.5. The second-order valence-electron chi connectivity index (χ2n) is 6.07. The molecule has 0 aliphatic rings. The molecule has 12 N–H and O–H groups in total. The van der Waals surface area contributed by atoms with Crippen molar-refractivity contribution >= 4 is 20.2 Å². The van der Waals surface area contributed by atoms with Gasteiger partial charge in [-0.25, -0.2) is 0 Å². The number of hydrogen-bond donors (Lipinski definition) is 12. The molecule has 0 unspecified atom stereocenters. The molecular weight excluding hydrogens is 608 g/mol. The molecule has 42 heavy (non-hydrogen) atoms. The van der Waals surface area contributed by atoms with E-state index in [9.17, 15) is 16.8 Å². The molecule has 0 atom stereocenters. The highest BCUT2D eigenvalue weighted by molar-refractivity contribution is 7.86. The zero-order chi connectivity index (χ0) is 34.0. The van der Waals surface area contributed by atoms with E-state index in [1.807, 2.05) is 13.8 Å². The molecule has 0 heterocycles. The molecule has 2 aromatic rings. The summed E-state index contributed by atoms with van der Waals surface area (Å²) in [7, 11) is -8.04. The predicted octanol–water partition coefficient (Wildman–Crippen LogP) is 5.35. The first kappa shape index (κ1) is 46.8. The Bertz CT molecular complexity index is 1060. The van der Waals surface area contributed by atoms with E-state index in [1.165, 1.54) is 24.3 Å². The van der Waals surface area contributed by atoms with Crippen LogP contribution in [0.2, 0.25) is 0 Å². The first-order valence-corrected chi connectivity index (χ1v) is 13.2. The minimum atomic E-state index is -4.02. The molecule has 0 fully saturated rings. The number of aliphatic hydroxyl groups excluding tert-OH is 10. The van der Waals surface area contributed by atoms with Gasteiger partial charge in [-0.3, -0.25) is 9.11 Å². The second-order valence-corrected chi connectivity index (χ2v) is 8.91. The third kappa shape index (κ3) is 39.5. The summed E-state index contributed by atoms with van der Waals surface area (Å²) in [5, 5.41) is 74.4. The lowest BCUT2D eigenvalue weighted by molar-refractivity contribution is 0.407. The number of benzene rings is 2. The maximum Gasteiger partial charge on any atom is 0.294 e. The molecule has 0 aliphatic heterocycles. The molecular formula is C24H36O16S2. The van der Waals surface area contributed by atoms with Crippen molar-refractivity contribution < 1.29 is 77.0 Å². The summed E-state index contributed by atoms with van der Waals surface area (Å²) in [6, 6.07) is 12.0. The fourth-order valence-corrected chi connectivity index (χ4v) is 2.38. The fraction of sp³-hybridized carbons (Fsp3) is 0.0833. The minimum Gasteiger partial charge on any atom is -0.512 e. The van der Waals surface area contributed by atoms with Crippen LogP contribution >= 0.6 is 0 Å². The Balaban J connectivity index is -0.000000136. The Hall–Kier alpha value is -5.04. The summed E-state index contributed by atoms with van der Waals surface area (Å²) in [6.07, 6.45) is 5.56. The van der Waals surface area contributed by atoms with Gasteiger partial charge in [-0.2, -0.15) is 16.8 Å². The number of aliphatic hydroxyl groups is 10. The SMILES string of the molecule is Cc1ccc(S(=O)(=O)O)cc1.Cc1ccc(S(=O)(=O)O)cc1.OC=CO.OC=CO.OC=CO.OC=CO.OC=CO. The summed E-state index contributed by atoms with van der Waals surface area (Å²) in [6.45, 7) is 3.68. The van der Waals surface area contributed by atoms with Crippen molar-refractivity contribution in [3.05, 3.63) is 122 Å². The van der Waals surface area contributed by atoms with Gasteiger partial charge in [0.25, 0.3) is 20.2 Å². The number of aryl methyl sites for hydroxylation is 2. The predicted molar refractivity (Wildman–Crippen MR) is 154 cm³/mol. The topological polar surface area (TPSA) is 311 Å². The van der Waals surface area contributed by atoms with Crippen molar-refractivity contribution in [3.8, 4) is 0 Å². The van der Waals surface area contributed by atoms with Crippen LogP contribution in [0.5, 0.6) is 0 Å². The van der Waals surface area contributed by atoms with Crippen LogP contribution in [0, 0.1) is 13.8 Å². The van der Waals surface area contributed by atoms with Gasteiger partial charge in [-0.1, -0.05) is 35.4 Å². The third-order valence-electron chi connectivity index (χ3n) is 2.97. The van der Waals surface area contributed by atoms with Crippen LogP contribution in [0.15, 0.2) is 121 Å². The Labute approximate surface area is 243 Å². The standard InChI is InChI=1S/2C7H8O3S.5C2H4O2/c2*1-6-2-4-7(5-3-6)11(8,9)10;5*3-1-2-4/h2*2-5H,1H3,(H,8,9,10);5*1-4H. The zero-order valence-corrected chi connectivity index (χ0v) is 23.8. The molecule has 0 saturated carbocycles. The highest BCUT2D eigenvalue weighted by atomic mass is 32.2. The molecule has 0 radical (unpaired) electrons. The van der Waals surface area contributed by atoms with Gasteiger partial charge >= 0.3 is 0 Å². The van der Waals surface area contributed by atoms with Crippen molar-refractivity contribution in [2.45, 2.75) is 23.6 Å². The maximum absolute atomic E-state index is 10.5. The monoisotopic (exact) mass is 644 g/mol. The first-order chi connectivity index (χ1) is 19.6. The quantitative estimate of drug-likeness (QED) is 0.145. The van der Waals surface area contributed by atoms with E-state index in [1.54, 1.807) is 24.3 Å². The number of hydrogen-bond acceptors (Lipinski definition) is 14. The highest BCUT2D eigenvalue weighted by Crippen LogP contribution is 2.09. The lowest BCUT2D eigenvalue weighted by atomic mass is 10.2. The van der Waals surface area contributed by atoms with E-state index in [-0.39, 0.29) is 9.79 Å². The molecule has 2 rings (SSSR count). The second kappa shape index (κ2) is 32.2. The van der Waals surface area contributed by atoms with Gasteiger partial charge in [0.1, 0.15) is 62.6 Å². The van der Waals surface area contributed by atoms with Crippen LogP contribution in [0.3, 0.4) is 0 Å². The molecule has 0 spiro atoms. The van der Waals surface area contributed by atoms with E-state index in [4.69, 9.17) is 60.2 Å². The minimum absolute atomic E-state index is 0.0666. The Morgan fingerprint density at radius 1 is 0.381 bits per heavy atom. The van der Waals surface area contributed by atoms with Crippen molar-refractivity contribution in [2.75, 3.05) is 0 Å². The first-order valence-electron chi connectivity index (χ1n) is 10.3. The fourth-order valence-electron chi connectivity index (χ4n) is 1.42. The third-order valence-corrected chi connectivity index (χ3v) is 4.71. The van der Waals surface area contributed by atoms with Gasteiger partial charge in [0, 0.05) is 0 Å². The smallest absolute Gasteiger partial charge is 0.294 e. The number of rotatable bonds is 2. The molecule has 18 heteroatoms. The molecule has 0 aliphatic carbocycles. The van der Waals surface area contributed by atoms with Crippen molar-refractivity contribution in [3.63, 3.8) is 0 Å². The van der Waals surface area contributed by atoms with E-state index in [0.717, 1.165) is 11.1 Å². The molecule has 0 bridgehead atoms. The average molecular weight is 645 g/mol. The van der Waals surface area contributed by atoms with Crippen molar-refractivity contribution in [2.24, 2.45) is 0 Å². The Morgan fingerprint density at radius 2 is 0.524 bits per heavy atom. The van der Waals surface area contributed by atoms with Crippen LogP contribution in [-0.4, -0.2) is 77.0 Å². The Morgan fingerprint density at radius 3 is 0.619 bits per heavy atom. The average Bonchev–Trinajstić information content (AvgIpc) is 2.97. The van der Waals surface area contributed by atoms with Gasteiger partial charge in [-0.05, 0) is 38.1 Å². The summed E-state index contributed by atoms with van der Waals surface area (Å²) in [5.41, 5.74) is 1.91. The molecule has 0 amide bonds. The van der Waals surface area contributed by atoms with E-state index < -0.39 is 20.2 Å². The van der Waals surface area contributed by atoms with Gasteiger partial charge < -0.3 is 51.1 Å². The van der Waals surface area contributed by atoms with E-state index >= 15 is 0 Å². The Kier molecular flexibility index (Phi) is 35.8. The van der Waals surface area contributed by atoms with Crippen LogP contribution in [0.25, 0.3) is 0 Å². The molecule has 0 saturated heterocycles. The largest absolute Gasteiger partial charge is 0.512 e. The molecule has 2 aromatic carbocycles. The van der Waals surface area contributed by atoms with E-state index in [2.05, 4.69) is 0 Å². The van der Waals surface area contributed by atoms with Gasteiger partial charge in [0.2, 0.25) is 0 Å². The van der Waals surface area contributed by atoms with Crippen molar-refractivity contribution in [1.82, 2.24) is 0 Å². The summed E-state index contributed by atoms with van der Waals surface area (Å²) in [5.74, 6) is 0. The lowest BCUT2D eigenvalue weighted by Gasteiger charge is -1.95. The van der Waals surface area contributed by atoms with Crippen LogP contribution in [0.4, 0.5) is 0 Å². The zero-order valence-electron chi connectivity index (χ0n) is 22.2. The van der Waals surface area contributed by atoms with Gasteiger partial charge in [0.05, 0.1) is 9.79 Å². The van der Waals surface area contributed by atoms with Gasteiger partial charge in [-0.15, -0.1) is 0 Å². The molecule has 240 valence electrons. The lowest BCUT2D eigenvalue weighted by Crippen LogP contribution is -1.96. The van der Waals surface area contributed by atoms with Crippen molar-refractivity contribution in [1.29, 1.82) is 0 Å². The molecule has 16 nitrogen and oxygen atoms in total. The van der Waals surface area contributed by atoms with E-state index in [0.29, 0.717) is 62.6 Å². The molecule has 0 aromatic heterocycles.